The zero-order chi connectivity index (χ0) is 13.3. The molecule has 0 saturated carbocycles. The number of rotatable bonds is 1. The Balaban J connectivity index is 2.28. The van der Waals surface area contributed by atoms with Crippen LogP contribution in [0.2, 0.25) is 0 Å². The third-order valence-electron chi connectivity index (χ3n) is 3.03. The summed E-state index contributed by atoms with van der Waals surface area (Å²) < 4.78 is 0. The van der Waals surface area contributed by atoms with Gasteiger partial charge in [0.1, 0.15) is 0 Å². The molecule has 1 aliphatic rings. The van der Waals surface area contributed by atoms with Gasteiger partial charge >= 0.3 is 0 Å². The van der Waals surface area contributed by atoms with Crippen LogP contribution in [0.5, 0.6) is 0 Å². The summed E-state index contributed by atoms with van der Waals surface area (Å²) in [6.45, 7) is 6.89. The first-order chi connectivity index (χ1) is 8.36. The Labute approximate surface area is 107 Å². The number of hydrogen-bond donors (Lipinski definition) is 1. The molecule has 2 amide bonds. The van der Waals surface area contributed by atoms with Gasteiger partial charge in [-0.15, -0.1) is 0 Å². The molecule has 1 aromatic rings. The molecule has 0 bridgehead atoms. The lowest BCUT2D eigenvalue weighted by Gasteiger charge is -2.29. The minimum absolute atomic E-state index is 0.0536. The standard InChI is InChI=1S/C14H18N2O2/c1-14(2,3)10-5-4-6-11(7-10)16-8-12(17)15-13(18)9-16/h4-7H,8-9H2,1-3H3,(H,15,17,18). The van der Waals surface area contributed by atoms with Crippen molar-refractivity contribution in [1.82, 2.24) is 5.32 Å². The molecule has 0 aliphatic carbocycles. The third-order valence-corrected chi connectivity index (χ3v) is 3.03. The Kier molecular flexibility index (Phi) is 3.11. The first kappa shape index (κ1) is 12.6. The van der Waals surface area contributed by atoms with E-state index in [-0.39, 0.29) is 30.3 Å². The van der Waals surface area contributed by atoms with Crippen molar-refractivity contribution in [2.75, 3.05) is 18.0 Å². The monoisotopic (exact) mass is 246 g/mol. The van der Waals surface area contributed by atoms with Crippen LogP contribution in [0.15, 0.2) is 24.3 Å². The Bertz CT molecular complexity index is 473. The summed E-state index contributed by atoms with van der Waals surface area (Å²) in [6, 6.07) is 8.01. The van der Waals surface area contributed by atoms with Crippen LogP contribution in [0.1, 0.15) is 26.3 Å². The Morgan fingerprint density at radius 1 is 1.11 bits per heavy atom. The molecule has 0 atom stereocenters. The number of imide groups is 1. The predicted octanol–water partition coefficient (Wildman–Crippen LogP) is 1.45. The van der Waals surface area contributed by atoms with Gasteiger partial charge in [0, 0.05) is 5.69 Å². The molecule has 1 fully saturated rings. The second-order valence-corrected chi connectivity index (χ2v) is 5.63. The molecule has 4 nitrogen and oxygen atoms in total. The highest BCUT2D eigenvalue weighted by molar-refractivity contribution is 6.02. The molecule has 96 valence electrons. The Morgan fingerprint density at radius 3 is 2.28 bits per heavy atom. The second kappa shape index (κ2) is 4.44. The molecule has 0 spiro atoms. The quantitative estimate of drug-likeness (QED) is 0.763. The smallest absolute Gasteiger partial charge is 0.246 e. The van der Waals surface area contributed by atoms with Crippen LogP contribution >= 0.6 is 0 Å². The van der Waals surface area contributed by atoms with Gasteiger partial charge in [0.2, 0.25) is 11.8 Å². The van der Waals surface area contributed by atoms with Gasteiger partial charge in [-0.2, -0.15) is 0 Å². The normalized spacial score (nSPS) is 16.7. The van der Waals surface area contributed by atoms with Crippen molar-refractivity contribution in [1.29, 1.82) is 0 Å². The largest absolute Gasteiger partial charge is 0.353 e. The average molecular weight is 246 g/mol. The van der Waals surface area contributed by atoms with Crippen molar-refractivity contribution >= 4 is 17.5 Å². The Morgan fingerprint density at radius 2 is 1.72 bits per heavy atom. The molecule has 1 heterocycles. The van der Waals surface area contributed by atoms with Crippen LogP contribution < -0.4 is 10.2 Å². The van der Waals surface area contributed by atoms with E-state index >= 15 is 0 Å². The fourth-order valence-electron chi connectivity index (χ4n) is 1.99. The molecule has 18 heavy (non-hydrogen) atoms. The van der Waals surface area contributed by atoms with Crippen LogP contribution in [0.25, 0.3) is 0 Å². The molecular weight excluding hydrogens is 228 g/mol. The van der Waals surface area contributed by atoms with E-state index in [1.165, 1.54) is 5.56 Å². The molecule has 1 aliphatic heterocycles. The van der Waals surface area contributed by atoms with E-state index < -0.39 is 0 Å². The highest BCUT2D eigenvalue weighted by Crippen LogP contribution is 2.26. The highest BCUT2D eigenvalue weighted by atomic mass is 16.2. The number of carbonyl (C=O) groups is 2. The lowest BCUT2D eigenvalue weighted by Crippen LogP contribution is -2.51. The van der Waals surface area contributed by atoms with E-state index in [9.17, 15) is 9.59 Å². The molecule has 1 aromatic carbocycles. The number of carbonyl (C=O) groups excluding carboxylic acids is 2. The summed E-state index contributed by atoms with van der Waals surface area (Å²) in [7, 11) is 0. The van der Waals surface area contributed by atoms with Crippen LogP contribution in [0.3, 0.4) is 0 Å². The predicted molar refractivity (Wildman–Crippen MR) is 70.5 cm³/mol. The maximum absolute atomic E-state index is 11.4. The molecule has 0 unspecified atom stereocenters. The molecule has 4 heteroatoms. The molecule has 2 rings (SSSR count). The number of amides is 2. The van der Waals surface area contributed by atoms with E-state index in [1.54, 1.807) is 4.90 Å². The van der Waals surface area contributed by atoms with Crippen molar-refractivity contribution in [2.45, 2.75) is 26.2 Å². The fourth-order valence-corrected chi connectivity index (χ4v) is 1.99. The first-order valence-corrected chi connectivity index (χ1v) is 6.04. The van der Waals surface area contributed by atoms with Crippen molar-refractivity contribution in [3.05, 3.63) is 29.8 Å². The molecular formula is C14H18N2O2. The van der Waals surface area contributed by atoms with E-state index in [2.05, 4.69) is 32.2 Å². The van der Waals surface area contributed by atoms with Crippen LogP contribution in [0, 0.1) is 0 Å². The van der Waals surface area contributed by atoms with Crippen molar-refractivity contribution in [3.63, 3.8) is 0 Å². The summed E-state index contributed by atoms with van der Waals surface area (Å²) in [4.78, 5) is 24.5. The number of anilines is 1. The van der Waals surface area contributed by atoms with Crippen molar-refractivity contribution < 1.29 is 9.59 Å². The number of hydrogen-bond acceptors (Lipinski definition) is 3. The molecule has 0 aromatic heterocycles. The number of benzene rings is 1. The van der Waals surface area contributed by atoms with E-state index in [4.69, 9.17) is 0 Å². The van der Waals surface area contributed by atoms with Gasteiger partial charge in [0.05, 0.1) is 13.1 Å². The van der Waals surface area contributed by atoms with Gasteiger partial charge in [-0.25, -0.2) is 0 Å². The average Bonchev–Trinajstić information content (AvgIpc) is 2.27. The van der Waals surface area contributed by atoms with Gasteiger partial charge in [-0.05, 0) is 23.1 Å². The van der Waals surface area contributed by atoms with Crippen molar-refractivity contribution in [3.8, 4) is 0 Å². The molecule has 1 N–H and O–H groups in total. The molecule has 0 radical (unpaired) electrons. The molecule has 1 saturated heterocycles. The van der Waals surface area contributed by atoms with E-state index in [0.29, 0.717) is 0 Å². The number of nitrogens with zero attached hydrogens (tertiary/aromatic N) is 1. The lowest BCUT2D eigenvalue weighted by atomic mass is 9.87. The first-order valence-electron chi connectivity index (χ1n) is 6.04. The SMILES string of the molecule is CC(C)(C)c1cccc(N2CC(=O)NC(=O)C2)c1. The maximum Gasteiger partial charge on any atom is 0.246 e. The highest BCUT2D eigenvalue weighted by Gasteiger charge is 2.23. The zero-order valence-electron chi connectivity index (χ0n) is 11.0. The minimum atomic E-state index is -0.243. The summed E-state index contributed by atoms with van der Waals surface area (Å²) in [5, 5.41) is 2.30. The van der Waals surface area contributed by atoms with E-state index in [1.807, 2.05) is 18.2 Å². The Hall–Kier alpha value is -1.84. The van der Waals surface area contributed by atoms with Crippen molar-refractivity contribution in [2.24, 2.45) is 0 Å². The summed E-state index contributed by atoms with van der Waals surface area (Å²) in [5.41, 5.74) is 2.17. The van der Waals surface area contributed by atoms with Gasteiger partial charge < -0.3 is 4.90 Å². The number of piperazine rings is 1. The van der Waals surface area contributed by atoms with Crippen LogP contribution in [-0.2, 0) is 15.0 Å². The van der Waals surface area contributed by atoms with E-state index in [0.717, 1.165) is 5.69 Å². The van der Waals surface area contributed by atoms with Gasteiger partial charge in [-0.1, -0.05) is 32.9 Å². The van der Waals surface area contributed by atoms with Gasteiger partial charge in [0.25, 0.3) is 0 Å². The third kappa shape index (κ3) is 2.70. The van der Waals surface area contributed by atoms with Crippen LogP contribution in [0.4, 0.5) is 5.69 Å². The fraction of sp³-hybridized carbons (Fsp3) is 0.429. The summed E-state index contributed by atoms with van der Waals surface area (Å²) >= 11 is 0. The van der Waals surface area contributed by atoms with Crippen LogP contribution in [-0.4, -0.2) is 24.9 Å². The van der Waals surface area contributed by atoms with Gasteiger partial charge in [0.15, 0.2) is 0 Å². The van der Waals surface area contributed by atoms with Gasteiger partial charge in [-0.3, -0.25) is 14.9 Å². The summed E-state index contributed by atoms with van der Waals surface area (Å²) in [6.07, 6.45) is 0. The number of nitrogens with one attached hydrogen (secondary N) is 1. The lowest BCUT2D eigenvalue weighted by molar-refractivity contribution is -0.130. The topological polar surface area (TPSA) is 49.4 Å². The minimum Gasteiger partial charge on any atom is -0.353 e. The zero-order valence-corrected chi connectivity index (χ0v) is 11.0. The summed E-state index contributed by atoms with van der Waals surface area (Å²) in [5.74, 6) is -0.486. The second-order valence-electron chi connectivity index (χ2n) is 5.63. The maximum atomic E-state index is 11.4.